The minimum atomic E-state index is 0.0287. The number of benzene rings is 1. The van der Waals surface area contributed by atoms with Crippen LogP contribution >= 0.6 is 0 Å². The minimum Gasteiger partial charge on any atom is -0.334 e. The van der Waals surface area contributed by atoms with Crippen molar-refractivity contribution in [2.75, 3.05) is 6.54 Å². The van der Waals surface area contributed by atoms with Gasteiger partial charge in [0.2, 0.25) is 5.91 Å². The molecular weight excluding hydrogens is 324 g/mol. The number of ketones is 1. The molecule has 26 heavy (non-hydrogen) atoms. The molecule has 1 aromatic heterocycles. The standard InChI is InChI=1S/C22H22N2O2/c25-21-12-11-17(16-7-2-1-3-8-16)18(21)15-22(26)24-14-6-10-20(24)19-9-4-5-13-23-19/h1-5,7-9,13,20H,6,10-12,14-15H2/t20-/m1/s1. The molecule has 0 spiro atoms. The highest BCUT2D eigenvalue weighted by Crippen LogP contribution is 2.36. The van der Waals surface area contributed by atoms with Crippen molar-refractivity contribution in [3.63, 3.8) is 0 Å². The van der Waals surface area contributed by atoms with E-state index in [2.05, 4.69) is 4.98 Å². The topological polar surface area (TPSA) is 50.3 Å². The molecule has 2 aromatic rings. The number of rotatable bonds is 4. The first kappa shape index (κ1) is 16.7. The molecule has 4 rings (SSSR count). The summed E-state index contributed by atoms with van der Waals surface area (Å²) in [5.41, 5.74) is 3.74. The molecule has 132 valence electrons. The van der Waals surface area contributed by atoms with Crippen LogP contribution in [0.1, 0.15) is 49.4 Å². The van der Waals surface area contributed by atoms with Crippen molar-refractivity contribution in [3.8, 4) is 0 Å². The summed E-state index contributed by atoms with van der Waals surface area (Å²) in [7, 11) is 0. The summed E-state index contributed by atoms with van der Waals surface area (Å²) in [5, 5.41) is 0. The first-order chi connectivity index (χ1) is 12.7. The predicted molar refractivity (Wildman–Crippen MR) is 100 cm³/mol. The van der Waals surface area contributed by atoms with Crippen LogP contribution in [0.15, 0.2) is 60.3 Å². The number of hydrogen-bond acceptors (Lipinski definition) is 3. The molecule has 4 nitrogen and oxygen atoms in total. The van der Waals surface area contributed by atoms with Crippen molar-refractivity contribution in [2.24, 2.45) is 0 Å². The second-order valence-electron chi connectivity index (χ2n) is 6.92. The molecule has 0 bridgehead atoms. The van der Waals surface area contributed by atoms with E-state index in [1.807, 2.05) is 53.4 Å². The van der Waals surface area contributed by atoms with Crippen LogP contribution in [0.5, 0.6) is 0 Å². The molecule has 1 fully saturated rings. The van der Waals surface area contributed by atoms with Gasteiger partial charge < -0.3 is 4.90 Å². The molecule has 0 N–H and O–H groups in total. The maximum absolute atomic E-state index is 13.0. The van der Waals surface area contributed by atoms with Gasteiger partial charge in [0.05, 0.1) is 18.2 Å². The van der Waals surface area contributed by atoms with Gasteiger partial charge in [0, 0.05) is 24.7 Å². The first-order valence-electron chi connectivity index (χ1n) is 9.25. The Morgan fingerprint density at radius 1 is 1.08 bits per heavy atom. The number of pyridine rings is 1. The molecule has 2 aliphatic rings. The lowest BCUT2D eigenvalue weighted by Crippen LogP contribution is -2.31. The van der Waals surface area contributed by atoms with Crippen molar-refractivity contribution in [3.05, 3.63) is 71.6 Å². The Labute approximate surface area is 153 Å². The summed E-state index contributed by atoms with van der Waals surface area (Å²) in [6, 6.07) is 15.8. The Kier molecular flexibility index (Phi) is 4.65. The van der Waals surface area contributed by atoms with E-state index in [0.29, 0.717) is 12.0 Å². The fourth-order valence-electron chi connectivity index (χ4n) is 4.07. The van der Waals surface area contributed by atoms with Gasteiger partial charge in [-0.05, 0) is 42.5 Å². The Bertz CT molecular complexity index is 843. The number of amides is 1. The molecular formula is C22H22N2O2. The highest BCUT2D eigenvalue weighted by molar-refractivity contribution is 6.10. The Morgan fingerprint density at radius 2 is 1.88 bits per heavy atom. The van der Waals surface area contributed by atoms with Crippen LogP contribution in [-0.2, 0) is 9.59 Å². The number of hydrogen-bond donors (Lipinski definition) is 0. The van der Waals surface area contributed by atoms with Gasteiger partial charge in [-0.25, -0.2) is 0 Å². The van der Waals surface area contributed by atoms with Crippen LogP contribution in [0.25, 0.3) is 5.57 Å². The maximum Gasteiger partial charge on any atom is 0.227 e. The van der Waals surface area contributed by atoms with E-state index in [0.717, 1.165) is 42.6 Å². The van der Waals surface area contributed by atoms with E-state index in [1.54, 1.807) is 6.20 Å². The van der Waals surface area contributed by atoms with Crippen molar-refractivity contribution in [1.29, 1.82) is 0 Å². The van der Waals surface area contributed by atoms with Gasteiger partial charge in [-0.15, -0.1) is 0 Å². The lowest BCUT2D eigenvalue weighted by atomic mass is 9.99. The van der Waals surface area contributed by atoms with Gasteiger partial charge in [0.15, 0.2) is 5.78 Å². The fraction of sp³-hybridized carbons (Fsp3) is 0.318. The van der Waals surface area contributed by atoms with E-state index >= 15 is 0 Å². The van der Waals surface area contributed by atoms with E-state index < -0.39 is 0 Å². The van der Waals surface area contributed by atoms with Gasteiger partial charge in [-0.1, -0.05) is 36.4 Å². The fourth-order valence-corrected chi connectivity index (χ4v) is 4.07. The van der Waals surface area contributed by atoms with Gasteiger partial charge in [0.25, 0.3) is 0 Å². The molecule has 1 aromatic carbocycles. The van der Waals surface area contributed by atoms with Crippen LogP contribution in [0.2, 0.25) is 0 Å². The average molecular weight is 346 g/mol. The van der Waals surface area contributed by atoms with Crippen LogP contribution < -0.4 is 0 Å². The molecule has 2 heterocycles. The smallest absolute Gasteiger partial charge is 0.227 e. The second-order valence-corrected chi connectivity index (χ2v) is 6.92. The third-order valence-corrected chi connectivity index (χ3v) is 5.36. The second kappa shape index (κ2) is 7.24. The molecule has 0 saturated carbocycles. The minimum absolute atomic E-state index is 0.0287. The third kappa shape index (κ3) is 3.19. The molecule has 1 aliphatic heterocycles. The van der Waals surface area contributed by atoms with Gasteiger partial charge >= 0.3 is 0 Å². The predicted octanol–water partition coefficient (Wildman–Crippen LogP) is 3.95. The molecule has 1 amide bonds. The van der Waals surface area contributed by atoms with E-state index in [9.17, 15) is 9.59 Å². The molecule has 1 atom stereocenters. The number of allylic oxidation sites excluding steroid dienone is 1. The third-order valence-electron chi connectivity index (χ3n) is 5.36. The molecule has 0 unspecified atom stereocenters. The lowest BCUT2D eigenvalue weighted by Gasteiger charge is -2.24. The molecule has 4 heteroatoms. The number of carbonyl (C=O) groups is 2. The quantitative estimate of drug-likeness (QED) is 0.842. The number of likely N-dealkylation sites (tertiary alicyclic amines) is 1. The zero-order valence-electron chi connectivity index (χ0n) is 14.7. The van der Waals surface area contributed by atoms with Crippen molar-refractivity contribution < 1.29 is 9.59 Å². The lowest BCUT2D eigenvalue weighted by molar-refractivity contribution is -0.132. The zero-order chi connectivity index (χ0) is 17.9. The van der Waals surface area contributed by atoms with Gasteiger partial charge in [0.1, 0.15) is 0 Å². The first-order valence-corrected chi connectivity index (χ1v) is 9.25. The number of carbonyl (C=O) groups excluding carboxylic acids is 2. The number of nitrogens with zero attached hydrogens (tertiary/aromatic N) is 2. The normalized spacial score (nSPS) is 20.1. The van der Waals surface area contributed by atoms with E-state index in [-0.39, 0.29) is 24.2 Å². The van der Waals surface area contributed by atoms with Crippen LogP contribution in [0.3, 0.4) is 0 Å². The van der Waals surface area contributed by atoms with Crippen molar-refractivity contribution in [2.45, 2.75) is 38.1 Å². The zero-order valence-corrected chi connectivity index (χ0v) is 14.7. The summed E-state index contributed by atoms with van der Waals surface area (Å²) in [5.74, 6) is 0.155. The Morgan fingerprint density at radius 3 is 2.65 bits per heavy atom. The SMILES string of the molecule is O=C1CCC(c2ccccc2)=C1CC(=O)N1CCC[C@@H]1c1ccccn1. The van der Waals surface area contributed by atoms with Crippen molar-refractivity contribution in [1.82, 2.24) is 9.88 Å². The summed E-state index contributed by atoms with van der Waals surface area (Å²) < 4.78 is 0. The summed E-state index contributed by atoms with van der Waals surface area (Å²) in [6.07, 6.45) is 5.12. The van der Waals surface area contributed by atoms with Gasteiger partial charge in [-0.3, -0.25) is 14.6 Å². The molecule has 0 radical (unpaired) electrons. The highest BCUT2D eigenvalue weighted by atomic mass is 16.2. The summed E-state index contributed by atoms with van der Waals surface area (Å²) in [6.45, 7) is 0.738. The molecule has 1 saturated heterocycles. The Balaban J connectivity index is 1.58. The van der Waals surface area contributed by atoms with E-state index in [4.69, 9.17) is 0 Å². The number of aromatic nitrogens is 1. The average Bonchev–Trinajstić information content (AvgIpc) is 3.31. The summed E-state index contributed by atoms with van der Waals surface area (Å²) >= 11 is 0. The molecule has 1 aliphatic carbocycles. The van der Waals surface area contributed by atoms with Crippen molar-refractivity contribution >= 4 is 17.3 Å². The summed E-state index contributed by atoms with van der Waals surface area (Å²) in [4.78, 5) is 31.8. The largest absolute Gasteiger partial charge is 0.334 e. The van der Waals surface area contributed by atoms with Crippen LogP contribution in [-0.4, -0.2) is 28.1 Å². The van der Waals surface area contributed by atoms with Crippen LogP contribution in [0, 0.1) is 0 Å². The monoisotopic (exact) mass is 346 g/mol. The van der Waals surface area contributed by atoms with Gasteiger partial charge in [-0.2, -0.15) is 0 Å². The van der Waals surface area contributed by atoms with Crippen LogP contribution in [0.4, 0.5) is 0 Å². The Hall–Kier alpha value is -2.75. The highest BCUT2D eigenvalue weighted by Gasteiger charge is 2.33. The van der Waals surface area contributed by atoms with E-state index in [1.165, 1.54) is 0 Å². The number of Topliss-reactive ketones (excluding diaryl/α,β-unsaturated/α-hetero) is 1. The maximum atomic E-state index is 13.0.